The molecule has 1 aliphatic rings. The molecule has 0 saturated heterocycles. The van der Waals surface area contributed by atoms with Gasteiger partial charge in [0.2, 0.25) is 0 Å². The molecule has 1 aromatic heterocycles. The maximum absolute atomic E-state index is 12.6. The number of carbonyl (C=O) groups excluding carboxylic acids is 2. The van der Waals surface area contributed by atoms with Crippen LogP contribution in [0.5, 0.6) is 0 Å². The molecule has 0 spiro atoms. The largest absolute Gasteiger partial charge is 0.354 e. The van der Waals surface area contributed by atoms with Gasteiger partial charge in [0.1, 0.15) is 5.69 Å². The number of rotatable bonds is 6. The highest BCUT2D eigenvalue weighted by atomic mass is 16.2. The normalized spacial score (nSPS) is 18.9. The zero-order chi connectivity index (χ0) is 19.4. The van der Waals surface area contributed by atoms with Gasteiger partial charge in [0.05, 0.1) is 11.8 Å². The standard InChI is InChI=1S/C21H22N4O2/c1-13-10-17(13)25-20(26)15-11-18(24-19(12-15)21(27)23-2)16(8-9-22)14-6-4-3-5-7-14/h3-7,11-13,16-17H,8,10H2,1-2H3,(H,23,27)(H,25,26)/t13-,16-,17-/m0/s1. The quantitative estimate of drug-likeness (QED) is 0.826. The number of nitriles is 1. The van der Waals surface area contributed by atoms with Crippen LogP contribution in [0.4, 0.5) is 0 Å². The van der Waals surface area contributed by atoms with E-state index in [1.807, 2.05) is 30.3 Å². The van der Waals surface area contributed by atoms with Crippen LogP contribution in [0.25, 0.3) is 0 Å². The van der Waals surface area contributed by atoms with E-state index < -0.39 is 0 Å². The molecular formula is C21H22N4O2. The molecule has 0 aliphatic heterocycles. The summed E-state index contributed by atoms with van der Waals surface area (Å²) >= 11 is 0. The first kappa shape index (κ1) is 18.6. The maximum atomic E-state index is 12.6. The summed E-state index contributed by atoms with van der Waals surface area (Å²) in [5.74, 6) is -0.423. The van der Waals surface area contributed by atoms with Gasteiger partial charge in [-0.15, -0.1) is 0 Å². The highest BCUT2D eigenvalue weighted by Crippen LogP contribution is 2.30. The van der Waals surface area contributed by atoms with Crippen molar-refractivity contribution in [3.63, 3.8) is 0 Å². The Kier molecular flexibility index (Phi) is 5.51. The highest BCUT2D eigenvalue weighted by Gasteiger charge is 2.34. The third kappa shape index (κ3) is 4.32. The zero-order valence-corrected chi connectivity index (χ0v) is 15.4. The molecule has 1 saturated carbocycles. The smallest absolute Gasteiger partial charge is 0.269 e. The van der Waals surface area contributed by atoms with Gasteiger partial charge in [-0.05, 0) is 30.0 Å². The van der Waals surface area contributed by atoms with Gasteiger partial charge in [0.15, 0.2) is 0 Å². The van der Waals surface area contributed by atoms with Crippen molar-refractivity contribution in [2.24, 2.45) is 5.92 Å². The molecule has 6 heteroatoms. The molecule has 2 amide bonds. The molecule has 1 aromatic carbocycles. The first-order chi connectivity index (χ1) is 13.0. The zero-order valence-electron chi connectivity index (χ0n) is 15.4. The summed E-state index contributed by atoms with van der Waals surface area (Å²) in [4.78, 5) is 29.3. The monoisotopic (exact) mass is 362 g/mol. The average Bonchev–Trinajstić information content (AvgIpc) is 3.39. The van der Waals surface area contributed by atoms with E-state index in [4.69, 9.17) is 0 Å². The van der Waals surface area contributed by atoms with Gasteiger partial charge in [0.25, 0.3) is 11.8 Å². The van der Waals surface area contributed by atoms with E-state index in [1.54, 1.807) is 6.07 Å². The number of pyridine rings is 1. The minimum absolute atomic E-state index is 0.169. The first-order valence-electron chi connectivity index (χ1n) is 9.00. The number of amides is 2. The lowest BCUT2D eigenvalue weighted by Crippen LogP contribution is -2.28. The number of benzene rings is 1. The number of hydrogen-bond donors (Lipinski definition) is 2. The maximum Gasteiger partial charge on any atom is 0.269 e. The Labute approximate surface area is 158 Å². The summed E-state index contributed by atoms with van der Waals surface area (Å²) in [6, 6.07) is 15.1. The van der Waals surface area contributed by atoms with Crippen LogP contribution in [0.15, 0.2) is 42.5 Å². The third-order valence-electron chi connectivity index (χ3n) is 4.85. The fraction of sp³-hybridized carbons (Fsp3) is 0.333. The Morgan fingerprint density at radius 3 is 2.56 bits per heavy atom. The molecule has 3 rings (SSSR count). The average molecular weight is 362 g/mol. The summed E-state index contributed by atoms with van der Waals surface area (Å²) < 4.78 is 0. The second kappa shape index (κ2) is 8.00. The van der Waals surface area contributed by atoms with Crippen molar-refractivity contribution >= 4 is 11.8 Å². The van der Waals surface area contributed by atoms with E-state index in [9.17, 15) is 14.9 Å². The van der Waals surface area contributed by atoms with Crippen LogP contribution in [0.2, 0.25) is 0 Å². The summed E-state index contributed by atoms with van der Waals surface area (Å²) in [5, 5.41) is 14.8. The predicted octanol–water partition coefficient (Wildman–Crippen LogP) is 2.62. The lowest BCUT2D eigenvalue weighted by molar-refractivity contribution is 0.0949. The van der Waals surface area contributed by atoms with Gasteiger partial charge in [-0.1, -0.05) is 37.3 Å². The Morgan fingerprint density at radius 2 is 1.96 bits per heavy atom. The molecule has 1 fully saturated rings. The van der Waals surface area contributed by atoms with Crippen LogP contribution in [-0.4, -0.2) is 29.9 Å². The highest BCUT2D eigenvalue weighted by molar-refractivity contribution is 5.98. The molecule has 0 radical (unpaired) electrons. The van der Waals surface area contributed by atoms with Crippen molar-refractivity contribution in [1.29, 1.82) is 5.26 Å². The summed E-state index contributed by atoms with van der Waals surface area (Å²) in [6.45, 7) is 2.08. The van der Waals surface area contributed by atoms with Crippen molar-refractivity contribution in [3.05, 3.63) is 65.0 Å². The molecule has 2 aromatic rings. The Bertz CT molecular complexity index is 889. The fourth-order valence-corrected chi connectivity index (χ4v) is 3.05. The molecule has 6 nitrogen and oxygen atoms in total. The number of aromatic nitrogens is 1. The number of nitrogens with one attached hydrogen (secondary N) is 2. The van der Waals surface area contributed by atoms with Crippen LogP contribution in [-0.2, 0) is 0 Å². The van der Waals surface area contributed by atoms with Gasteiger partial charge < -0.3 is 10.6 Å². The van der Waals surface area contributed by atoms with Crippen LogP contribution in [0.1, 0.15) is 57.8 Å². The SMILES string of the molecule is CNC(=O)c1cc(C(=O)N[C@H]2C[C@@H]2C)cc([C@@H](CC#N)c2ccccc2)n1. The molecule has 1 heterocycles. The fourth-order valence-electron chi connectivity index (χ4n) is 3.05. The van der Waals surface area contributed by atoms with E-state index in [2.05, 4.69) is 28.6 Å². The molecular weight excluding hydrogens is 340 g/mol. The van der Waals surface area contributed by atoms with Gasteiger partial charge in [-0.25, -0.2) is 4.98 Å². The van der Waals surface area contributed by atoms with Gasteiger partial charge in [-0.3, -0.25) is 9.59 Å². The van der Waals surface area contributed by atoms with E-state index in [0.717, 1.165) is 12.0 Å². The summed E-state index contributed by atoms with van der Waals surface area (Å²) in [5.41, 5.74) is 2.01. The minimum Gasteiger partial charge on any atom is -0.354 e. The third-order valence-corrected chi connectivity index (χ3v) is 4.85. The van der Waals surface area contributed by atoms with Crippen molar-refractivity contribution in [3.8, 4) is 6.07 Å². The predicted molar refractivity (Wildman–Crippen MR) is 101 cm³/mol. The lowest BCUT2D eigenvalue weighted by atomic mass is 9.91. The Morgan fingerprint density at radius 1 is 1.26 bits per heavy atom. The van der Waals surface area contributed by atoms with Gasteiger partial charge in [0, 0.05) is 31.0 Å². The number of carbonyl (C=O) groups is 2. The van der Waals surface area contributed by atoms with E-state index in [1.165, 1.54) is 13.1 Å². The topological polar surface area (TPSA) is 94.9 Å². The molecule has 0 bridgehead atoms. The summed E-state index contributed by atoms with van der Waals surface area (Å²) in [7, 11) is 1.52. The molecule has 3 atom stereocenters. The van der Waals surface area contributed by atoms with E-state index in [0.29, 0.717) is 17.2 Å². The van der Waals surface area contributed by atoms with Crippen molar-refractivity contribution in [2.75, 3.05) is 7.05 Å². The number of nitrogens with zero attached hydrogens (tertiary/aromatic N) is 2. The molecule has 138 valence electrons. The van der Waals surface area contributed by atoms with Gasteiger partial charge in [-0.2, -0.15) is 5.26 Å². The molecule has 0 unspecified atom stereocenters. The van der Waals surface area contributed by atoms with E-state index >= 15 is 0 Å². The van der Waals surface area contributed by atoms with E-state index in [-0.39, 0.29) is 35.9 Å². The van der Waals surface area contributed by atoms with Crippen molar-refractivity contribution in [2.45, 2.75) is 31.7 Å². The molecule has 1 aliphatic carbocycles. The van der Waals surface area contributed by atoms with Gasteiger partial charge >= 0.3 is 0 Å². The summed E-state index contributed by atoms with van der Waals surface area (Å²) in [6.07, 6.45) is 1.17. The second-order valence-electron chi connectivity index (χ2n) is 6.86. The first-order valence-corrected chi connectivity index (χ1v) is 9.00. The number of hydrogen-bond acceptors (Lipinski definition) is 4. The van der Waals surface area contributed by atoms with Crippen molar-refractivity contribution in [1.82, 2.24) is 15.6 Å². The second-order valence-corrected chi connectivity index (χ2v) is 6.86. The minimum atomic E-state index is -0.366. The molecule has 2 N–H and O–H groups in total. The Balaban J connectivity index is 2.01. The van der Waals surface area contributed by atoms with Crippen LogP contribution < -0.4 is 10.6 Å². The molecule has 27 heavy (non-hydrogen) atoms. The lowest BCUT2D eigenvalue weighted by Gasteiger charge is -2.16. The van der Waals surface area contributed by atoms with Crippen LogP contribution in [0, 0.1) is 17.2 Å². The van der Waals surface area contributed by atoms with Crippen LogP contribution >= 0.6 is 0 Å². The Hall–Kier alpha value is -3.20. The van der Waals surface area contributed by atoms with Crippen LogP contribution in [0.3, 0.4) is 0 Å². The van der Waals surface area contributed by atoms with Crippen molar-refractivity contribution < 1.29 is 9.59 Å².